The number of nitrogens with zero attached hydrogens (tertiary/aromatic N) is 3. The average molecular weight is 315 g/mol. The summed E-state index contributed by atoms with van der Waals surface area (Å²) >= 11 is 0. The highest BCUT2D eigenvalue weighted by atomic mass is 15.2. The number of anilines is 1. The van der Waals surface area contributed by atoms with Crippen molar-refractivity contribution >= 4 is 11.8 Å². The first-order chi connectivity index (χ1) is 11.3. The Kier molecular flexibility index (Phi) is 5.72. The van der Waals surface area contributed by atoms with E-state index in [9.17, 15) is 0 Å². The van der Waals surface area contributed by atoms with Gasteiger partial charge in [0.1, 0.15) is 5.82 Å². The first-order valence-corrected chi connectivity index (χ1v) is 9.02. The Labute approximate surface area is 139 Å². The van der Waals surface area contributed by atoms with Crippen molar-refractivity contribution < 1.29 is 0 Å². The van der Waals surface area contributed by atoms with Gasteiger partial charge in [-0.25, -0.2) is 4.98 Å². The number of piperidine rings is 1. The Morgan fingerprint density at radius 3 is 2.74 bits per heavy atom. The highest BCUT2D eigenvalue weighted by Gasteiger charge is 2.16. The third-order valence-corrected chi connectivity index (χ3v) is 4.87. The molecule has 1 aliphatic heterocycles. The fourth-order valence-electron chi connectivity index (χ4n) is 3.51. The second-order valence-electron chi connectivity index (χ2n) is 6.62. The Morgan fingerprint density at radius 2 is 2.00 bits per heavy atom. The maximum absolute atomic E-state index is 4.55. The molecule has 1 aliphatic carbocycles. The van der Waals surface area contributed by atoms with Gasteiger partial charge in [-0.15, -0.1) is 0 Å². The number of aliphatic imine (C=N–C) groups is 1. The summed E-state index contributed by atoms with van der Waals surface area (Å²) in [6.45, 7) is 3.05. The van der Waals surface area contributed by atoms with Crippen LogP contribution in [0.4, 0.5) is 5.82 Å². The van der Waals surface area contributed by atoms with Crippen molar-refractivity contribution in [2.75, 3.05) is 25.0 Å². The Balaban J connectivity index is 1.54. The van der Waals surface area contributed by atoms with Crippen molar-refractivity contribution in [3.8, 4) is 0 Å². The van der Waals surface area contributed by atoms with E-state index in [1.54, 1.807) is 0 Å². The summed E-state index contributed by atoms with van der Waals surface area (Å²) in [6.07, 6.45) is 11.0. The average Bonchev–Trinajstić information content (AvgIpc) is 3.13. The maximum Gasteiger partial charge on any atom is 0.191 e. The second kappa shape index (κ2) is 8.18. The van der Waals surface area contributed by atoms with Gasteiger partial charge in [0.05, 0.1) is 0 Å². The quantitative estimate of drug-likeness (QED) is 0.662. The van der Waals surface area contributed by atoms with Crippen LogP contribution in [0, 0.1) is 0 Å². The van der Waals surface area contributed by atoms with Crippen LogP contribution in [0.25, 0.3) is 0 Å². The summed E-state index contributed by atoms with van der Waals surface area (Å²) < 4.78 is 0. The number of aromatic nitrogens is 1. The van der Waals surface area contributed by atoms with Crippen LogP contribution in [-0.4, -0.2) is 37.1 Å². The van der Waals surface area contributed by atoms with Crippen molar-refractivity contribution in [2.45, 2.75) is 57.5 Å². The van der Waals surface area contributed by atoms with Gasteiger partial charge in [0.2, 0.25) is 0 Å². The zero-order valence-corrected chi connectivity index (χ0v) is 14.2. The highest BCUT2D eigenvalue weighted by molar-refractivity contribution is 5.80. The SMILES string of the molecule is CN=C(NCc1ccnc(N2CCCCC2)c1)NC1CCCC1. The van der Waals surface area contributed by atoms with Crippen LogP contribution in [0.1, 0.15) is 50.5 Å². The molecule has 1 saturated carbocycles. The van der Waals surface area contributed by atoms with Crippen LogP contribution >= 0.6 is 0 Å². The first-order valence-electron chi connectivity index (χ1n) is 9.02. The van der Waals surface area contributed by atoms with Crippen LogP contribution in [0.3, 0.4) is 0 Å². The van der Waals surface area contributed by atoms with E-state index >= 15 is 0 Å². The van der Waals surface area contributed by atoms with E-state index in [2.05, 4.69) is 37.6 Å². The Bertz CT molecular complexity index is 516. The van der Waals surface area contributed by atoms with Gasteiger partial charge >= 0.3 is 0 Å². The van der Waals surface area contributed by atoms with E-state index in [1.807, 2.05) is 13.2 Å². The molecule has 2 N–H and O–H groups in total. The molecule has 0 spiro atoms. The third-order valence-electron chi connectivity index (χ3n) is 4.87. The van der Waals surface area contributed by atoms with E-state index in [1.165, 1.54) is 50.5 Å². The normalized spacial score (nSPS) is 19.9. The molecule has 5 heteroatoms. The number of nitrogens with one attached hydrogen (secondary N) is 2. The van der Waals surface area contributed by atoms with Crippen LogP contribution in [0.5, 0.6) is 0 Å². The molecule has 0 aromatic carbocycles. The summed E-state index contributed by atoms with van der Waals surface area (Å²) in [5, 5.41) is 6.96. The molecule has 1 aromatic heterocycles. The van der Waals surface area contributed by atoms with E-state index in [0.29, 0.717) is 6.04 Å². The van der Waals surface area contributed by atoms with Gasteiger partial charge < -0.3 is 15.5 Å². The number of hydrogen-bond donors (Lipinski definition) is 2. The van der Waals surface area contributed by atoms with E-state index in [4.69, 9.17) is 0 Å². The summed E-state index contributed by atoms with van der Waals surface area (Å²) in [5.74, 6) is 2.02. The highest BCUT2D eigenvalue weighted by Crippen LogP contribution is 2.19. The smallest absolute Gasteiger partial charge is 0.191 e. The predicted octanol–water partition coefficient (Wildman–Crippen LogP) is 2.68. The van der Waals surface area contributed by atoms with Crippen molar-refractivity contribution in [1.29, 1.82) is 0 Å². The van der Waals surface area contributed by atoms with Gasteiger partial charge in [0.25, 0.3) is 0 Å². The molecule has 0 unspecified atom stereocenters. The summed E-state index contributed by atoms with van der Waals surface area (Å²) in [4.78, 5) is 11.3. The molecule has 1 saturated heterocycles. The lowest BCUT2D eigenvalue weighted by molar-refractivity contribution is 0.573. The standard InChI is InChI=1S/C18H29N5/c1-19-18(22-16-7-3-4-8-16)21-14-15-9-10-20-17(13-15)23-11-5-2-6-12-23/h9-10,13,16H,2-8,11-12,14H2,1H3,(H2,19,21,22). The number of hydrogen-bond acceptors (Lipinski definition) is 3. The number of rotatable bonds is 4. The van der Waals surface area contributed by atoms with Crippen LogP contribution in [0.2, 0.25) is 0 Å². The molecule has 1 aromatic rings. The zero-order valence-electron chi connectivity index (χ0n) is 14.2. The molecule has 23 heavy (non-hydrogen) atoms. The van der Waals surface area contributed by atoms with Crippen molar-refractivity contribution in [3.05, 3.63) is 23.9 Å². The zero-order chi connectivity index (χ0) is 15.9. The molecule has 0 atom stereocenters. The number of pyridine rings is 1. The first kappa shape index (κ1) is 16.1. The minimum Gasteiger partial charge on any atom is -0.357 e. The van der Waals surface area contributed by atoms with Gasteiger partial charge in [-0.05, 0) is 49.8 Å². The van der Waals surface area contributed by atoms with Gasteiger partial charge in [-0.1, -0.05) is 12.8 Å². The van der Waals surface area contributed by atoms with Crippen molar-refractivity contribution in [1.82, 2.24) is 15.6 Å². The molecule has 0 radical (unpaired) electrons. The minimum atomic E-state index is 0.586. The molecular formula is C18H29N5. The van der Waals surface area contributed by atoms with Crippen molar-refractivity contribution in [3.63, 3.8) is 0 Å². The monoisotopic (exact) mass is 315 g/mol. The molecule has 2 fully saturated rings. The van der Waals surface area contributed by atoms with Crippen LogP contribution in [-0.2, 0) is 6.54 Å². The van der Waals surface area contributed by atoms with Gasteiger partial charge in [0.15, 0.2) is 5.96 Å². The second-order valence-corrected chi connectivity index (χ2v) is 6.62. The van der Waals surface area contributed by atoms with Gasteiger partial charge in [-0.3, -0.25) is 4.99 Å². The predicted molar refractivity (Wildman–Crippen MR) is 95.9 cm³/mol. The molecule has 5 nitrogen and oxygen atoms in total. The molecule has 2 aliphatic rings. The molecule has 126 valence electrons. The topological polar surface area (TPSA) is 52.6 Å². The summed E-state index contributed by atoms with van der Waals surface area (Å²) in [5.41, 5.74) is 1.26. The molecular weight excluding hydrogens is 286 g/mol. The van der Waals surface area contributed by atoms with E-state index in [0.717, 1.165) is 31.4 Å². The van der Waals surface area contributed by atoms with Gasteiger partial charge in [-0.2, -0.15) is 0 Å². The van der Waals surface area contributed by atoms with Gasteiger partial charge in [0, 0.05) is 38.9 Å². The maximum atomic E-state index is 4.55. The lowest BCUT2D eigenvalue weighted by Gasteiger charge is -2.28. The Hall–Kier alpha value is -1.78. The molecule has 2 heterocycles. The van der Waals surface area contributed by atoms with E-state index in [-0.39, 0.29) is 0 Å². The third kappa shape index (κ3) is 4.60. The summed E-state index contributed by atoms with van der Waals surface area (Å²) in [6, 6.07) is 4.88. The molecule has 0 amide bonds. The largest absolute Gasteiger partial charge is 0.357 e. The molecule has 3 rings (SSSR count). The lowest BCUT2D eigenvalue weighted by atomic mass is 10.1. The Morgan fingerprint density at radius 1 is 1.22 bits per heavy atom. The van der Waals surface area contributed by atoms with Crippen LogP contribution in [0.15, 0.2) is 23.3 Å². The lowest BCUT2D eigenvalue weighted by Crippen LogP contribution is -2.42. The fraction of sp³-hybridized carbons (Fsp3) is 0.667. The fourth-order valence-corrected chi connectivity index (χ4v) is 3.51. The summed E-state index contributed by atoms with van der Waals surface area (Å²) in [7, 11) is 1.84. The molecule has 0 bridgehead atoms. The minimum absolute atomic E-state index is 0.586. The van der Waals surface area contributed by atoms with E-state index < -0.39 is 0 Å². The van der Waals surface area contributed by atoms with Crippen LogP contribution < -0.4 is 15.5 Å². The number of guanidine groups is 1. The van der Waals surface area contributed by atoms with Crippen molar-refractivity contribution in [2.24, 2.45) is 4.99 Å².